The molecule has 3 rings (SSSR count). The zero-order chi connectivity index (χ0) is 18.5. The Morgan fingerprint density at radius 3 is 2.58 bits per heavy atom. The number of nitrogens with zero attached hydrogens (tertiary/aromatic N) is 2. The third kappa shape index (κ3) is 4.34. The van der Waals surface area contributed by atoms with Crippen LogP contribution in [0.4, 0.5) is 4.39 Å². The molecule has 2 aromatic carbocycles. The van der Waals surface area contributed by atoms with E-state index in [0.717, 1.165) is 0 Å². The maximum Gasteiger partial charge on any atom is 0.254 e. The number of carbonyl (C=O) groups is 1. The fourth-order valence-corrected chi connectivity index (χ4v) is 3.31. The highest BCUT2D eigenvalue weighted by molar-refractivity contribution is 6.31. The molecule has 1 aliphatic rings. The molecule has 0 aromatic heterocycles. The summed E-state index contributed by atoms with van der Waals surface area (Å²) < 4.78 is 19.4. The number of amides is 1. The fraction of sp³-hybridized carbons (Fsp3) is 0.350. The maximum absolute atomic E-state index is 13.9. The lowest BCUT2D eigenvalue weighted by atomic mass is 10.1. The summed E-state index contributed by atoms with van der Waals surface area (Å²) in [6.45, 7) is 5.49. The summed E-state index contributed by atoms with van der Waals surface area (Å²) in [6.07, 6.45) is 0. The highest BCUT2D eigenvalue weighted by atomic mass is 35.5. The summed E-state index contributed by atoms with van der Waals surface area (Å²) in [5.41, 5.74) is 1.14. The van der Waals surface area contributed by atoms with Crippen molar-refractivity contribution in [1.29, 1.82) is 0 Å². The van der Waals surface area contributed by atoms with Gasteiger partial charge in [0, 0.05) is 48.9 Å². The van der Waals surface area contributed by atoms with Gasteiger partial charge in [0.15, 0.2) is 0 Å². The van der Waals surface area contributed by atoms with Crippen molar-refractivity contribution in [2.75, 3.05) is 32.8 Å². The molecule has 2 aromatic rings. The van der Waals surface area contributed by atoms with E-state index in [9.17, 15) is 9.18 Å². The SMILES string of the molecule is CCOc1cccc(C(=O)N2CCN(Cc3c(F)cccc3Cl)CC2)c1. The summed E-state index contributed by atoms with van der Waals surface area (Å²) in [4.78, 5) is 16.6. The average Bonchev–Trinajstić information content (AvgIpc) is 2.65. The van der Waals surface area contributed by atoms with Gasteiger partial charge in [-0.2, -0.15) is 0 Å². The van der Waals surface area contributed by atoms with Gasteiger partial charge in [-0.3, -0.25) is 9.69 Å². The Bertz CT molecular complexity index is 756. The van der Waals surface area contributed by atoms with Gasteiger partial charge in [-0.15, -0.1) is 0 Å². The van der Waals surface area contributed by atoms with Crippen molar-refractivity contribution in [2.45, 2.75) is 13.5 Å². The second-order valence-electron chi connectivity index (χ2n) is 6.23. The Hall–Kier alpha value is -2.11. The van der Waals surface area contributed by atoms with Gasteiger partial charge < -0.3 is 9.64 Å². The van der Waals surface area contributed by atoms with Crippen molar-refractivity contribution in [1.82, 2.24) is 9.80 Å². The average molecular weight is 377 g/mol. The second-order valence-corrected chi connectivity index (χ2v) is 6.64. The first-order chi connectivity index (χ1) is 12.6. The summed E-state index contributed by atoms with van der Waals surface area (Å²) >= 11 is 6.11. The van der Waals surface area contributed by atoms with Gasteiger partial charge >= 0.3 is 0 Å². The van der Waals surface area contributed by atoms with E-state index in [-0.39, 0.29) is 11.7 Å². The molecule has 0 atom stereocenters. The fourth-order valence-electron chi connectivity index (χ4n) is 3.08. The van der Waals surface area contributed by atoms with E-state index in [1.165, 1.54) is 6.07 Å². The monoisotopic (exact) mass is 376 g/mol. The molecule has 1 fully saturated rings. The number of benzene rings is 2. The number of hydrogen-bond donors (Lipinski definition) is 0. The molecule has 1 saturated heterocycles. The van der Waals surface area contributed by atoms with Crippen LogP contribution in [0.15, 0.2) is 42.5 Å². The molecule has 0 bridgehead atoms. The summed E-state index contributed by atoms with van der Waals surface area (Å²) in [6, 6.07) is 12.0. The van der Waals surface area contributed by atoms with Crippen LogP contribution in [0.1, 0.15) is 22.8 Å². The van der Waals surface area contributed by atoms with Crippen LogP contribution >= 0.6 is 11.6 Å². The number of piperazine rings is 1. The summed E-state index contributed by atoms with van der Waals surface area (Å²) in [5, 5.41) is 0.441. The van der Waals surface area contributed by atoms with Crippen molar-refractivity contribution >= 4 is 17.5 Å². The van der Waals surface area contributed by atoms with Crippen LogP contribution in [0.5, 0.6) is 5.75 Å². The Labute approximate surface area is 158 Å². The quantitative estimate of drug-likeness (QED) is 0.795. The molecule has 0 saturated carbocycles. The van der Waals surface area contributed by atoms with Gasteiger partial charge in [-0.25, -0.2) is 4.39 Å². The van der Waals surface area contributed by atoms with Crippen LogP contribution in [0.3, 0.4) is 0 Å². The van der Waals surface area contributed by atoms with E-state index in [2.05, 4.69) is 4.90 Å². The molecule has 1 amide bonds. The minimum atomic E-state index is -0.288. The number of ether oxygens (including phenoxy) is 1. The number of hydrogen-bond acceptors (Lipinski definition) is 3. The highest BCUT2D eigenvalue weighted by Crippen LogP contribution is 2.22. The lowest BCUT2D eigenvalue weighted by molar-refractivity contribution is 0.0626. The lowest BCUT2D eigenvalue weighted by Crippen LogP contribution is -2.48. The molecular formula is C20H22ClFN2O2. The molecule has 0 aliphatic carbocycles. The van der Waals surface area contributed by atoms with Crippen molar-refractivity contribution in [2.24, 2.45) is 0 Å². The van der Waals surface area contributed by atoms with Gasteiger partial charge in [0.1, 0.15) is 11.6 Å². The first-order valence-corrected chi connectivity index (χ1v) is 9.13. The zero-order valence-corrected chi connectivity index (χ0v) is 15.5. The van der Waals surface area contributed by atoms with E-state index in [0.29, 0.717) is 61.2 Å². The van der Waals surface area contributed by atoms with Gasteiger partial charge in [-0.05, 0) is 37.3 Å². The minimum absolute atomic E-state index is 0.00451. The number of carbonyl (C=O) groups excluding carboxylic acids is 1. The topological polar surface area (TPSA) is 32.8 Å². The molecule has 0 radical (unpaired) electrons. The zero-order valence-electron chi connectivity index (χ0n) is 14.8. The third-order valence-electron chi connectivity index (χ3n) is 4.49. The molecule has 6 heteroatoms. The molecule has 0 unspecified atom stereocenters. The Balaban J connectivity index is 1.60. The predicted octanol–water partition coefficient (Wildman–Crippen LogP) is 3.84. The van der Waals surface area contributed by atoms with Crippen LogP contribution < -0.4 is 4.74 Å². The smallest absolute Gasteiger partial charge is 0.254 e. The van der Waals surface area contributed by atoms with E-state index < -0.39 is 0 Å². The van der Waals surface area contributed by atoms with Crippen LogP contribution in [0, 0.1) is 5.82 Å². The normalized spacial score (nSPS) is 15.1. The van der Waals surface area contributed by atoms with Gasteiger partial charge in [0.05, 0.1) is 6.61 Å². The Morgan fingerprint density at radius 2 is 1.88 bits per heavy atom. The predicted molar refractivity (Wildman–Crippen MR) is 100 cm³/mol. The van der Waals surface area contributed by atoms with Crippen LogP contribution in [-0.2, 0) is 6.54 Å². The van der Waals surface area contributed by atoms with Gasteiger partial charge in [0.2, 0.25) is 0 Å². The van der Waals surface area contributed by atoms with Crippen molar-refractivity contribution in [3.63, 3.8) is 0 Å². The molecule has 26 heavy (non-hydrogen) atoms. The van der Waals surface area contributed by atoms with Crippen molar-refractivity contribution in [3.8, 4) is 5.75 Å². The molecule has 4 nitrogen and oxygen atoms in total. The first-order valence-electron chi connectivity index (χ1n) is 8.76. The highest BCUT2D eigenvalue weighted by Gasteiger charge is 2.23. The number of rotatable bonds is 5. The van der Waals surface area contributed by atoms with Crippen LogP contribution in [-0.4, -0.2) is 48.5 Å². The Morgan fingerprint density at radius 1 is 1.15 bits per heavy atom. The van der Waals surface area contributed by atoms with E-state index in [4.69, 9.17) is 16.3 Å². The van der Waals surface area contributed by atoms with Gasteiger partial charge in [0.25, 0.3) is 5.91 Å². The molecule has 0 spiro atoms. The van der Waals surface area contributed by atoms with Crippen molar-refractivity contribution in [3.05, 3.63) is 64.4 Å². The largest absolute Gasteiger partial charge is 0.494 e. The van der Waals surface area contributed by atoms with Crippen LogP contribution in [0.2, 0.25) is 5.02 Å². The van der Waals surface area contributed by atoms with E-state index >= 15 is 0 Å². The molecular weight excluding hydrogens is 355 g/mol. The molecule has 1 aliphatic heterocycles. The molecule has 0 N–H and O–H groups in total. The second kappa shape index (κ2) is 8.52. The third-order valence-corrected chi connectivity index (χ3v) is 4.85. The number of halogens is 2. The van der Waals surface area contributed by atoms with E-state index in [1.54, 1.807) is 24.3 Å². The molecule has 1 heterocycles. The van der Waals surface area contributed by atoms with Gasteiger partial charge in [-0.1, -0.05) is 23.7 Å². The first kappa shape index (κ1) is 18.7. The minimum Gasteiger partial charge on any atom is -0.494 e. The maximum atomic E-state index is 13.9. The van der Waals surface area contributed by atoms with E-state index in [1.807, 2.05) is 24.0 Å². The summed E-state index contributed by atoms with van der Waals surface area (Å²) in [5.74, 6) is 0.407. The Kier molecular flexibility index (Phi) is 6.12. The molecule has 138 valence electrons. The summed E-state index contributed by atoms with van der Waals surface area (Å²) in [7, 11) is 0. The lowest BCUT2D eigenvalue weighted by Gasteiger charge is -2.35. The van der Waals surface area contributed by atoms with Crippen LogP contribution in [0.25, 0.3) is 0 Å². The standard InChI is InChI=1S/C20H22ClFN2O2/c1-2-26-16-6-3-5-15(13-16)20(25)24-11-9-23(10-12-24)14-17-18(21)7-4-8-19(17)22/h3-8,13H,2,9-12,14H2,1H3. The van der Waals surface area contributed by atoms with Crippen molar-refractivity contribution < 1.29 is 13.9 Å².